The van der Waals surface area contributed by atoms with Crippen LogP contribution in [-0.4, -0.2) is 0 Å². The van der Waals surface area contributed by atoms with E-state index in [2.05, 4.69) is 76.3 Å². The highest BCUT2D eigenvalue weighted by atomic mass is 14.3. The van der Waals surface area contributed by atoms with Crippen molar-refractivity contribution in [2.45, 2.75) is 47.0 Å². The van der Waals surface area contributed by atoms with Crippen molar-refractivity contribution < 1.29 is 0 Å². The molecule has 0 nitrogen and oxygen atoms in total. The van der Waals surface area contributed by atoms with Crippen LogP contribution in [0.4, 0.5) is 0 Å². The third kappa shape index (κ3) is 2.88. The fourth-order valence-corrected chi connectivity index (χ4v) is 3.27. The van der Waals surface area contributed by atoms with E-state index in [0.717, 1.165) is 0 Å². The van der Waals surface area contributed by atoms with Crippen LogP contribution < -0.4 is 0 Å². The Kier molecular flexibility index (Phi) is 3.95. The van der Waals surface area contributed by atoms with Gasteiger partial charge in [-0.3, -0.25) is 0 Å². The molecule has 3 rings (SSSR count). The van der Waals surface area contributed by atoms with Gasteiger partial charge >= 0.3 is 0 Å². The lowest BCUT2D eigenvalue weighted by Crippen LogP contribution is -2.07. The Bertz CT molecular complexity index is 700. The first-order valence-corrected chi connectivity index (χ1v) is 8.39. The predicted octanol–water partition coefficient (Wildman–Crippen LogP) is 6.35. The summed E-state index contributed by atoms with van der Waals surface area (Å²) in [6, 6.07) is 7.01. The highest BCUT2D eigenvalue weighted by molar-refractivity contribution is 5.99. The molecule has 2 aliphatic carbocycles. The van der Waals surface area contributed by atoms with Crippen LogP contribution in [0.1, 0.15) is 57.2 Å². The van der Waals surface area contributed by atoms with E-state index in [4.69, 9.17) is 0 Å². The molecule has 0 atom stereocenters. The van der Waals surface area contributed by atoms with Crippen molar-refractivity contribution in [3.8, 4) is 0 Å². The van der Waals surface area contributed by atoms with Crippen LogP contribution in [0.15, 0.2) is 54.2 Å². The van der Waals surface area contributed by atoms with E-state index < -0.39 is 0 Å². The maximum Gasteiger partial charge on any atom is -0.0105 e. The summed E-state index contributed by atoms with van der Waals surface area (Å²) < 4.78 is 0. The topological polar surface area (TPSA) is 0 Å². The molecule has 0 heterocycles. The van der Waals surface area contributed by atoms with Gasteiger partial charge in [0.2, 0.25) is 0 Å². The minimum atomic E-state index is 0.161. The minimum Gasteiger partial charge on any atom is -0.0874 e. The van der Waals surface area contributed by atoms with Crippen LogP contribution in [0.5, 0.6) is 0 Å². The third-order valence-corrected chi connectivity index (χ3v) is 4.57. The number of allylic oxidation sites excluding steroid dienone is 8. The van der Waals surface area contributed by atoms with Crippen molar-refractivity contribution >= 4 is 11.1 Å². The number of benzene rings is 1. The molecule has 1 aromatic carbocycles. The maximum absolute atomic E-state index is 2.41. The van der Waals surface area contributed by atoms with E-state index in [-0.39, 0.29) is 5.41 Å². The quantitative estimate of drug-likeness (QED) is 0.556. The Morgan fingerprint density at radius 2 is 1.95 bits per heavy atom. The van der Waals surface area contributed by atoms with Gasteiger partial charge in [0.25, 0.3) is 0 Å². The first-order chi connectivity index (χ1) is 10.5. The van der Waals surface area contributed by atoms with E-state index in [0.29, 0.717) is 0 Å². The molecule has 2 bridgehead atoms. The van der Waals surface area contributed by atoms with Crippen molar-refractivity contribution in [3.05, 3.63) is 70.8 Å². The molecule has 0 fully saturated rings. The second kappa shape index (κ2) is 5.76. The van der Waals surface area contributed by atoms with E-state index >= 15 is 0 Å². The average molecular weight is 290 g/mol. The second-order valence-electron chi connectivity index (χ2n) is 7.38. The highest BCUT2D eigenvalue weighted by Gasteiger charge is 2.21. The largest absolute Gasteiger partial charge is 0.0874 e. The smallest absolute Gasteiger partial charge is 0.0105 e. The summed E-state index contributed by atoms with van der Waals surface area (Å²) in [7, 11) is 0. The van der Waals surface area contributed by atoms with Crippen molar-refractivity contribution in [2.24, 2.45) is 5.41 Å². The minimum absolute atomic E-state index is 0.161. The zero-order valence-electron chi connectivity index (χ0n) is 14.2. The van der Waals surface area contributed by atoms with Crippen LogP contribution in [0, 0.1) is 5.41 Å². The van der Waals surface area contributed by atoms with E-state index in [9.17, 15) is 0 Å². The van der Waals surface area contributed by atoms with Gasteiger partial charge in [-0.05, 0) is 71.1 Å². The molecule has 0 aromatic heterocycles. The summed E-state index contributed by atoms with van der Waals surface area (Å²) in [5.74, 6) is 0. The molecule has 0 aliphatic heterocycles. The lowest BCUT2D eigenvalue weighted by atomic mass is 9.84. The molecule has 22 heavy (non-hydrogen) atoms. The van der Waals surface area contributed by atoms with Crippen molar-refractivity contribution in [3.63, 3.8) is 0 Å². The number of rotatable bonds is 2. The van der Waals surface area contributed by atoms with Gasteiger partial charge in [-0.2, -0.15) is 0 Å². The molecule has 0 radical (unpaired) electrons. The van der Waals surface area contributed by atoms with E-state index in [1.165, 1.54) is 52.7 Å². The van der Waals surface area contributed by atoms with Gasteiger partial charge in [0.15, 0.2) is 0 Å². The van der Waals surface area contributed by atoms with Crippen molar-refractivity contribution in [1.29, 1.82) is 0 Å². The van der Waals surface area contributed by atoms with Gasteiger partial charge in [0, 0.05) is 0 Å². The predicted molar refractivity (Wildman–Crippen MR) is 97.7 cm³/mol. The average Bonchev–Trinajstić information content (AvgIpc) is 2.75. The van der Waals surface area contributed by atoms with Gasteiger partial charge in [-0.25, -0.2) is 0 Å². The van der Waals surface area contributed by atoms with Crippen LogP contribution >= 0.6 is 0 Å². The maximum atomic E-state index is 2.41. The van der Waals surface area contributed by atoms with Crippen molar-refractivity contribution in [1.82, 2.24) is 0 Å². The molecule has 0 heteroatoms. The summed E-state index contributed by atoms with van der Waals surface area (Å²) in [6.07, 6.45) is 15.2. The Morgan fingerprint density at radius 3 is 2.68 bits per heavy atom. The molecular formula is C22H26. The van der Waals surface area contributed by atoms with E-state index in [1.807, 2.05) is 0 Å². The number of fused-ring (bicyclic) bond motifs is 1. The molecule has 1 aromatic rings. The van der Waals surface area contributed by atoms with Crippen LogP contribution in [-0.2, 0) is 6.42 Å². The Labute approximate surface area is 135 Å². The molecule has 0 saturated heterocycles. The summed E-state index contributed by atoms with van der Waals surface area (Å²) in [5, 5.41) is 0. The van der Waals surface area contributed by atoms with Crippen LogP contribution in [0.25, 0.3) is 11.1 Å². The SMILES string of the molecule is C/C=C\C(=C/C1=CC2=C\CCCc3ccc1c\2c3)C(C)(C)C. The molecule has 0 spiro atoms. The molecule has 0 N–H and O–H groups in total. The first-order valence-electron chi connectivity index (χ1n) is 8.39. The van der Waals surface area contributed by atoms with Crippen LogP contribution in [0.3, 0.4) is 0 Å². The normalized spacial score (nSPS) is 20.5. The summed E-state index contributed by atoms with van der Waals surface area (Å²) >= 11 is 0. The zero-order chi connectivity index (χ0) is 15.7. The summed E-state index contributed by atoms with van der Waals surface area (Å²) in [4.78, 5) is 0. The Balaban J connectivity index is 2.11. The Morgan fingerprint density at radius 1 is 1.14 bits per heavy atom. The van der Waals surface area contributed by atoms with Gasteiger partial charge in [-0.15, -0.1) is 0 Å². The van der Waals surface area contributed by atoms with Gasteiger partial charge in [-0.1, -0.05) is 63.3 Å². The third-order valence-electron chi connectivity index (χ3n) is 4.57. The fourth-order valence-electron chi connectivity index (χ4n) is 3.27. The second-order valence-corrected chi connectivity index (χ2v) is 7.38. The lowest BCUT2D eigenvalue weighted by molar-refractivity contribution is 0.517. The number of hydrogen-bond donors (Lipinski definition) is 0. The highest BCUT2D eigenvalue weighted by Crippen LogP contribution is 2.40. The first kappa shape index (κ1) is 15.1. The van der Waals surface area contributed by atoms with Gasteiger partial charge < -0.3 is 0 Å². The number of hydrogen-bond acceptors (Lipinski definition) is 0. The van der Waals surface area contributed by atoms with Crippen molar-refractivity contribution in [2.75, 3.05) is 0 Å². The molecular weight excluding hydrogens is 264 g/mol. The van der Waals surface area contributed by atoms with Gasteiger partial charge in [0.05, 0.1) is 0 Å². The van der Waals surface area contributed by atoms with Crippen LogP contribution in [0.2, 0.25) is 0 Å². The zero-order valence-corrected chi connectivity index (χ0v) is 14.2. The fraction of sp³-hybridized carbons (Fsp3) is 0.364. The molecule has 0 saturated carbocycles. The van der Waals surface area contributed by atoms with Gasteiger partial charge in [0.1, 0.15) is 0 Å². The lowest BCUT2D eigenvalue weighted by Gasteiger charge is -2.21. The standard InChI is InChI=1S/C22H26/c1-5-8-19(22(2,3)4)15-18-14-17-10-7-6-9-16-11-12-20(18)21(17)13-16/h5,8,10-15H,6-7,9H2,1-4H3/b8-5-,17-10+,19-15+. The monoisotopic (exact) mass is 290 g/mol. The summed E-state index contributed by atoms with van der Waals surface area (Å²) in [5.41, 5.74) is 8.61. The molecule has 0 unspecified atom stereocenters. The summed E-state index contributed by atoms with van der Waals surface area (Å²) in [6.45, 7) is 8.94. The molecule has 114 valence electrons. The number of aryl methyl sites for hydroxylation is 1. The molecule has 2 aliphatic rings. The Hall–Kier alpha value is -1.82. The van der Waals surface area contributed by atoms with E-state index in [1.54, 1.807) is 0 Å². The molecule has 0 amide bonds.